The van der Waals surface area contributed by atoms with Gasteiger partial charge in [-0.25, -0.2) is 0 Å². The lowest BCUT2D eigenvalue weighted by Crippen LogP contribution is -2.56. The highest BCUT2D eigenvalue weighted by molar-refractivity contribution is 5.84. The van der Waals surface area contributed by atoms with E-state index in [4.69, 9.17) is 0 Å². The van der Waals surface area contributed by atoms with Crippen LogP contribution < -0.4 is 5.32 Å². The van der Waals surface area contributed by atoms with Crippen molar-refractivity contribution in [1.29, 1.82) is 0 Å². The molecule has 1 unspecified atom stereocenters. The van der Waals surface area contributed by atoms with E-state index in [9.17, 15) is 26.7 Å². The van der Waals surface area contributed by atoms with Crippen LogP contribution in [-0.2, 0) is 4.79 Å². The Bertz CT molecular complexity index is 286. The van der Waals surface area contributed by atoms with Crippen molar-refractivity contribution in [1.82, 2.24) is 10.2 Å². The van der Waals surface area contributed by atoms with Gasteiger partial charge >= 0.3 is 18.0 Å². The van der Waals surface area contributed by atoms with Crippen molar-refractivity contribution in [2.24, 2.45) is 0 Å². The molecule has 0 aromatic rings. The SMILES string of the molecule is CN(C(=O)C(F)(F)C(F)(F)F)C1CCCNC1. The fraction of sp³-hybridized carbons (Fsp3) is 0.889. The van der Waals surface area contributed by atoms with Gasteiger partial charge in [0.25, 0.3) is 0 Å². The molecule has 1 rings (SSSR count). The largest absolute Gasteiger partial charge is 0.463 e. The Balaban J connectivity index is 2.74. The molecule has 0 saturated carbocycles. The molecule has 1 amide bonds. The first-order valence-electron chi connectivity index (χ1n) is 5.10. The summed E-state index contributed by atoms with van der Waals surface area (Å²) in [4.78, 5) is 11.6. The Labute approximate surface area is 95.0 Å². The predicted molar refractivity (Wildman–Crippen MR) is 49.7 cm³/mol. The summed E-state index contributed by atoms with van der Waals surface area (Å²) < 4.78 is 61.6. The highest BCUT2D eigenvalue weighted by Gasteiger charge is 2.64. The van der Waals surface area contributed by atoms with E-state index in [-0.39, 0.29) is 6.54 Å². The van der Waals surface area contributed by atoms with Crippen LogP contribution in [0.5, 0.6) is 0 Å². The van der Waals surface area contributed by atoms with Crippen molar-refractivity contribution in [2.75, 3.05) is 20.1 Å². The number of amides is 1. The Morgan fingerprint density at radius 3 is 2.29 bits per heavy atom. The molecule has 1 aliphatic heterocycles. The Kier molecular flexibility index (Phi) is 3.95. The number of alkyl halides is 5. The van der Waals surface area contributed by atoms with Crippen LogP contribution in [0, 0.1) is 0 Å². The minimum Gasteiger partial charge on any atom is -0.336 e. The van der Waals surface area contributed by atoms with E-state index in [0.29, 0.717) is 24.3 Å². The fourth-order valence-electron chi connectivity index (χ4n) is 1.67. The molecule has 100 valence electrons. The molecular weight excluding hydrogens is 247 g/mol. The molecule has 0 spiro atoms. The van der Waals surface area contributed by atoms with E-state index in [1.165, 1.54) is 0 Å². The first-order chi connectivity index (χ1) is 7.68. The first kappa shape index (κ1) is 14.1. The average Bonchev–Trinajstić information content (AvgIpc) is 2.26. The second-order valence-electron chi connectivity index (χ2n) is 3.99. The average molecular weight is 260 g/mol. The smallest absolute Gasteiger partial charge is 0.336 e. The maximum atomic E-state index is 12.8. The lowest BCUT2D eigenvalue weighted by atomic mass is 10.1. The van der Waals surface area contributed by atoms with E-state index < -0.39 is 24.0 Å². The standard InChI is InChI=1S/C9H13F5N2O/c1-16(6-3-2-4-15-5-6)7(17)8(10,11)9(12,13)14/h6,15H,2-5H2,1H3. The first-order valence-corrected chi connectivity index (χ1v) is 5.10. The molecule has 1 atom stereocenters. The summed E-state index contributed by atoms with van der Waals surface area (Å²) >= 11 is 0. The van der Waals surface area contributed by atoms with Crippen LogP contribution >= 0.6 is 0 Å². The number of carbonyl (C=O) groups excluding carboxylic acids is 1. The van der Waals surface area contributed by atoms with Gasteiger partial charge in [-0.15, -0.1) is 0 Å². The molecule has 3 nitrogen and oxygen atoms in total. The van der Waals surface area contributed by atoms with Crippen LogP contribution in [0.4, 0.5) is 22.0 Å². The second kappa shape index (κ2) is 4.75. The van der Waals surface area contributed by atoms with Crippen molar-refractivity contribution in [3.05, 3.63) is 0 Å². The van der Waals surface area contributed by atoms with Crippen molar-refractivity contribution in [2.45, 2.75) is 31.0 Å². The van der Waals surface area contributed by atoms with Gasteiger partial charge in [0.05, 0.1) is 0 Å². The zero-order chi connectivity index (χ0) is 13.3. The molecule has 0 aromatic heterocycles. The van der Waals surface area contributed by atoms with Gasteiger partial charge in [-0.05, 0) is 19.4 Å². The van der Waals surface area contributed by atoms with Gasteiger partial charge in [0, 0.05) is 19.6 Å². The second-order valence-corrected chi connectivity index (χ2v) is 3.99. The number of hydrogen-bond donors (Lipinski definition) is 1. The minimum atomic E-state index is -5.85. The van der Waals surface area contributed by atoms with Crippen LogP contribution in [0.2, 0.25) is 0 Å². The van der Waals surface area contributed by atoms with Crippen molar-refractivity contribution in [3.8, 4) is 0 Å². The molecule has 0 aromatic carbocycles. The maximum absolute atomic E-state index is 12.8. The molecule has 1 aliphatic rings. The van der Waals surface area contributed by atoms with Crippen LogP contribution in [0.15, 0.2) is 0 Å². The van der Waals surface area contributed by atoms with Crippen LogP contribution in [0.25, 0.3) is 0 Å². The van der Waals surface area contributed by atoms with E-state index in [1.54, 1.807) is 0 Å². The third-order valence-electron chi connectivity index (χ3n) is 2.76. The topological polar surface area (TPSA) is 32.3 Å². The summed E-state index contributed by atoms with van der Waals surface area (Å²) in [5, 5.41) is 2.84. The number of halogens is 5. The summed E-state index contributed by atoms with van der Waals surface area (Å²) in [6.45, 7) is 0.907. The zero-order valence-corrected chi connectivity index (χ0v) is 9.15. The Morgan fingerprint density at radius 2 is 1.88 bits per heavy atom. The highest BCUT2D eigenvalue weighted by atomic mass is 19.4. The van der Waals surface area contributed by atoms with Crippen LogP contribution in [0.3, 0.4) is 0 Å². The molecule has 17 heavy (non-hydrogen) atoms. The minimum absolute atomic E-state index is 0.232. The van der Waals surface area contributed by atoms with E-state index >= 15 is 0 Å². The van der Waals surface area contributed by atoms with Gasteiger partial charge in [0.1, 0.15) is 0 Å². The molecule has 1 heterocycles. The Morgan fingerprint density at radius 1 is 1.29 bits per heavy atom. The molecule has 1 N–H and O–H groups in total. The van der Waals surface area contributed by atoms with Crippen LogP contribution in [0.1, 0.15) is 12.8 Å². The van der Waals surface area contributed by atoms with Gasteiger partial charge in [0.15, 0.2) is 0 Å². The third kappa shape index (κ3) is 2.85. The lowest BCUT2D eigenvalue weighted by Gasteiger charge is -2.34. The summed E-state index contributed by atoms with van der Waals surface area (Å²) in [6.07, 6.45) is -4.79. The van der Waals surface area contributed by atoms with Gasteiger partial charge in [0.2, 0.25) is 0 Å². The molecule has 0 aliphatic carbocycles. The highest BCUT2D eigenvalue weighted by Crippen LogP contribution is 2.37. The van der Waals surface area contributed by atoms with Crippen LogP contribution in [-0.4, -0.2) is 49.1 Å². The van der Waals surface area contributed by atoms with Crippen molar-refractivity contribution in [3.63, 3.8) is 0 Å². The fourth-order valence-corrected chi connectivity index (χ4v) is 1.67. The summed E-state index contributed by atoms with van der Waals surface area (Å²) in [5.41, 5.74) is 0. The number of rotatable bonds is 2. The van der Waals surface area contributed by atoms with E-state index in [0.717, 1.165) is 7.05 Å². The number of nitrogens with zero attached hydrogens (tertiary/aromatic N) is 1. The Hall–Kier alpha value is -0.920. The molecule has 1 fully saturated rings. The monoisotopic (exact) mass is 260 g/mol. The summed E-state index contributed by atoms with van der Waals surface area (Å²) in [6, 6.07) is -0.621. The quantitative estimate of drug-likeness (QED) is 0.761. The number of hydrogen-bond acceptors (Lipinski definition) is 2. The van der Waals surface area contributed by atoms with Crippen molar-refractivity contribution < 1.29 is 26.7 Å². The van der Waals surface area contributed by atoms with Gasteiger partial charge in [-0.3, -0.25) is 4.79 Å². The molecule has 8 heteroatoms. The number of nitrogens with one attached hydrogen (secondary N) is 1. The van der Waals surface area contributed by atoms with E-state index in [2.05, 4.69) is 5.32 Å². The van der Waals surface area contributed by atoms with E-state index in [1.807, 2.05) is 0 Å². The normalized spacial score (nSPS) is 22.4. The summed E-state index contributed by atoms with van der Waals surface area (Å²) in [5.74, 6) is -7.52. The molecule has 0 bridgehead atoms. The number of carbonyl (C=O) groups is 1. The number of likely N-dealkylation sites (N-methyl/N-ethyl adjacent to an activating group) is 1. The number of piperidine rings is 1. The summed E-state index contributed by atoms with van der Waals surface area (Å²) in [7, 11) is 0.972. The molecule has 0 radical (unpaired) electrons. The lowest BCUT2D eigenvalue weighted by molar-refractivity contribution is -0.274. The maximum Gasteiger partial charge on any atom is 0.463 e. The van der Waals surface area contributed by atoms with Gasteiger partial charge in [-0.1, -0.05) is 0 Å². The predicted octanol–water partition coefficient (Wildman–Crippen LogP) is 1.39. The zero-order valence-electron chi connectivity index (χ0n) is 9.15. The van der Waals surface area contributed by atoms with Gasteiger partial charge in [-0.2, -0.15) is 22.0 Å². The molecular formula is C9H13F5N2O. The van der Waals surface area contributed by atoms with Gasteiger partial charge < -0.3 is 10.2 Å². The third-order valence-corrected chi connectivity index (χ3v) is 2.76. The molecule has 1 saturated heterocycles. The van der Waals surface area contributed by atoms with Crippen molar-refractivity contribution >= 4 is 5.91 Å².